The molecule has 0 radical (unpaired) electrons. The number of anilines is 2. The Hall–Kier alpha value is -3.22. The summed E-state index contributed by atoms with van der Waals surface area (Å²) in [6.45, 7) is 0. The summed E-state index contributed by atoms with van der Waals surface area (Å²) < 4.78 is 12.9. The lowest BCUT2D eigenvalue weighted by molar-refractivity contribution is 0.0987. The van der Waals surface area contributed by atoms with E-state index in [0.717, 1.165) is 17.6 Å². The number of ketones is 1. The molecular weight excluding hydrogens is 309 g/mol. The second-order valence-corrected chi connectivity index (χ2v) is 5.12. The summed E-state index contributed by atoms with van der Waals surface area (Å²) in [4.78, 5) is 30.2. The van der Waals surface area contributed by atoms with Crippen molar-refractivity contribution >= 4 is 17.2 Å². The molecule has 3 aromatic heterocycles. The maximum Gasteiger partial charge on any atom is 0.187 e. The molecule has 0 saturated heterocycles. The Morgan fingerprint density at radius 1 is 1.08 bits per heavy atom. The molecule has 24 heavy (non-hydrogen) atoms. The second kappa shape index (κ2) is 6.91. The number of hydrogen-bond donors (Lipinski definition) is 0. The maximum absolute atomic E-state index is 12.9. The van der Waals surface area contributed by atoms with Gasteiger partial charge in [-0.15, -0.1) is 0 Å². The Balaban J connectivity index is 1.79. The van der Waals surface area contributed by atoms with Crippen LogP contribution in [0.15, 0.2) is 55.4 Å². The zero-order valence-corrected chi connectivity index (χ0v) is 12.9. The summed E-state index contributed by atoms with van der Waals surface area (Å²) in [7, 11) is 1.85. The van der Waals surface area contributed by atoms with Crippen LogP contribution in [0.2, 0.25) is 0 Å². The Morgan fingerprint density at radius 3 is 2.58 bits per heavy atom. The van der Waals surface area contributed by atoms with Gasteiger partial charge in [-0.05, 0) is 24.3 Å². The Labute approximate surface area is 138 Å². The summed E-state index contributed by atoms with van der Waals surface area (Å²) in [5.74, 6) is -0.619. The van der Waals surface area contributed by atoms with Crippen LogP contribution < -0.4 is 4.90 Å². The fourth-order valence-corrected chi connectivity index (χ4v) is 2.16. The summed E-state index contributed by atoms with van der Waals surface area (Å²) in [6.07, 6.45) is 7.54. The van der Waals surface area contributed by atoms with Crippen molar-refractivity contribution in [2.75, 3.05) is 11.9 Å². The number of rotatable bonds is 5. The van der Waals surface area contributed by atoms with E-state index in [-0.39, 0.29) is 12.2 Å². The van der Waals surface area contributed by atoms with Gasteiger partial charge in [0.05, 0.1) is 30.7 Å². The Morgan fingerprint density at radius 2 is 1.88 bits per heavy atom. The van der Waals surface area contributed by atoms with Gasteiger partial charge in [-0.2, -0.15) is 0 Å². The highest BCUT2D eigenvalue weighted by Crippen LogP contribution is 2.22. The first-order valence-corrected chi connectivity index (χ1v) is 7.22. The second-order valence-electron chi connectivity index (χ2n) is 5.12. The molecule has 0 aliphatic carbocycles. The quantitative estimate of drug-likeness (QED) is 0.672. The molecule has 0 unspecified atom stereocenters. The van der Waals surface area contributed by atoms with Gasteiger partial charge in [0.2, 0.25) is 0 Å². The molecule has 7 heteroatoms. The largest absolute Gasteiger partial charge is 0.342 e. The highest BCUT2D eigenvalue weighted by molar-refractivity contribution is 5.96. The zero-order valence-electron chi connectivity index (χ0n) is 12.9. The summed E-state index contributed by atoms with van der Waals surface area (Å²) >= 11 is 0. The van der Waals surface area contributed by atoms with Crippen molar-refractivity contribution in [3.63, 3.8) is 0 Å². The molecular formula is C17H14FN5O. The topological polar surface area (TPSA) is 71.9 Å². The van der Waals surface area contributed by atoms with Crippen LogP contribution in [-0.4, -0.2) is 32.8 Å². The number of Topliss-reactive ketones (excluding diaryl/α,β-unsaturated/α-hetero) is 1. The minimum atomic E-state index is -0.432. The highest BCUT2D eigenvalue weighted by atomic mass is 19.1. The monoisotopic (exact) mass is 323 g/mol. The van der Waals surface area contributed by atoms with Crippen molar-refractivity contribution in [1.29, 1.82) is 0 Å². The molecule has 0 aliphatic rings. The number of carbonyl (C=O) groups excluding carboxylic acids is 1. The van der Waals surface area contributed by atoms with E-state index < -0.39 is 5.82 Å². The average Bonchev–Trinajstić information content (AvgIpc) is 2.64. The average molecular weight is 323 g/mol. The van der Waals surface area contributed by atoms with E-state index >= 15 is 0 Å². The molecule has 0 bridgehead atoms. The Bertz CT molecular complexity index is 839. The Kier molecular flexibility index (Phi) is 4.51. The minimum Gasteiger partial charge on any atom is -0.342 e. The van der Waals surface area contributed by atoms with Crippen LogP contribution in [0.3, 0.4) is 0 Å². The first-order valence-electron chi connectivity index (χ1n) is 7.22. The van der Waals surface area contributed by atoms with Crippen LogP contribution in [0, 0.1) is 5.82 Å². The van der Waals surface area contributed by atoms with Crippen molar-refractivity contribution in [2.24, 2.45) is 0 Å². The van der Waals surface area contributed by atoms with Crippen LogP contribution in [0.25, 0.3) is 0 Å². The van der Waals surface area contributed by atoms with Crippen LogP contribution in [-0.2, 0) is 6.42 Å². The van der Waals surface area contributed by atoms with E-state index in [2.05, 4.69) is 19.9 Å². The smallest absolute Gasteiger partial charge is 0.187 e. The van der Waals surface area contributed by atoms with Gasteiger partial charge in [-0.25, -0.2) is 14.4 Å². The van der Waals surface area contributed by atoms with Gasteiger partial charge in [0.15, 0.2) is 5.78 Å². The molecule has 0 amide bonds. The molecule has 0 aliphatic heterocycles. The minimum absolute atomic E-state index is 0.0644. The van der Waals surface area contributed by atoms with Crippen molar-refractivity contribution in [3.8, 4) is 0 Å². The molecule has 3 heterocycles. The molecule has 0 spiro atoms. The number of aromatic nitrogens is 4. The highest BCUT2D eigenvalue weighted by Gasteiger charge is 2.12. The molecule has 120 valence electrons. The van der Waals surface area contributed by atoms with Crippen molar-refractivity contribution < 1.29 is 9.18 Å². The van der Waals surface area contributed by atoms with Crippen LogP contribution >= 0.6 is 0 Å². The first kappa shape index (κ1) is 15.7. The van der Waals surface area contributed by atoms with E-state index in [9.17, 15) is 9.18 Å². The predicted octanol–water partition coefficient (Wildman–Crippen LogP) is 2.60. The SMILES string of the molecule is CN(c1cncnc1)c1ccnc(C(=O)Cc2ccc(F)cn2)c1. The maximum atomic E-state index is 12.9. The summed E-state index contributed by atoms with van der Waals surface area (Å²) in [6, 6.07) is 6.26. The molecule has 0 atom stereocenters. The molecule has 3 aromatic rings. The van der Waals surface area contributed by atoms with Gasteiger partial charge in [0, 0.05) is 24.6 Å². The van der Waals surface area contributed by atoms with Crippen LogP contribution in [0.1, 0.15) is 16.2 Å². The van der Waals surface area contributed by atoms with Gasteiger partial charge in [0.1, 0.15) is 17.8 Å². The number of nitrogens with zero attached hydrogens (tertiary/aromatic N) is 5. The van der Waals surface area contributed by atoms with E-state index in [4.69, 9.17) is 0 Å². The van der Waals surface area contributed by atoms with Crippen molar-refractivity contribution in [2.45, 2.75) is 6.42 Å². The van der Waals surface area contributed by atoms with Crippen LogP contribution in [0.5, 0.6) is 0 Å². The zero-order chi connectivity index (χ0) is 16.9. The van der Waals surface area contributed by atoms with E-state index in [1.165, 1.54) is 18.5 Å². The molecule has 6 nitrogen and oxygen atoms in total. The lowest BCUT2D eigenvalue weighted by atomic mass is 10.1. The third kappa shape index (κ3) is 3.57. The third-order valence-corrected chi connectivity index (χ3v) is 3.48. The van der Waals surface area contributed by atoms with Gasteiger partial charge in [-0.3, -0.25) is 14.8 Å². The van der Waals surface area contributed by atoms with Gasteiger partial charge in [0.25, 0.3) is 0 Å². The van der Waals surface area contributed by atoms with Crippen LogP contribution in [0.4, 0.5) is 15.8 Å². The van der Waals surface area contributed by atoms with E-state index in [0.29, 0.717) is 11.4 Å². The standard InChI is InChI=1S/C17H14FN5O/c1-23(15-9-19-11-20-10-15)14-4-5-21-16(7-14)17(24)6-13-3-2-12(18)8-22-13/h2-5,7-11H,6H2,1H3. The van der Waals surface area contributed by atoms with Gasteiger partial charge < -0.3 is 4.90 Å². The number of hydrogen-bond acceptors (Lipinski definition) is 6. The number of pyridine rings is 2. The molecule has 0 N–H and O–H groups in total. The fraction of sp³-hybridized carbons (Fsp3) is 0.118. The lowest BCUT2D eigenvalue weighted by Crippen LogP contribution is -2.13. The first-order chi connectivity index (χ1) is 11.6. The summed E-state index contributed by atoms with van der Waals surface area (Å²) in [5, 5.41) is 0. The molecule has 0 saturated carbocycles. The van der Waals surface area contributed by atoms with Gasteiger partial charge >= 0.3 is 0 Å². The van der Waals surface area contributed by atoms with Gasteiger partial charge in [-0.1, -0.05) is 0 Å². The molecule has 3 rings (SSSR count). The summed E-state index contributed by atoms with van der Waals surface area (Å²) in [5.41, 5.74) is 2.40. The fourth-order valence-electron chi connectivity index (χ4n) is 2.16. The van der Waals surface area contributed by atoms with Crippen molar-refractivity contribution in [1.82, 2.24) is 19.9 Å². The number of carbonyl (C=O) groups is 1. The molecule has 0 aromatic carbocycles. The number of halogens is 1. The predicted molar refractivity (Wildman–Crippen MR) is 86.6 cm³/mol. The normalized spacial score (nSPS) is 10.4. The lowest BCUT2D eigenvalue weighted by Gasteiger charge is -2.18. The third-order valence-electron chi connectivity index (χ3n) is 3.48. The van der Waals surface area contributed by atoms with E-state index in [1.807, 2.05) is 11.9 Å². The van der Waals surface area contributed by atoms with Crippen molar-refractivity contribution in [3.05, 3.63) is 72.6 Å². The molecule has 0 fully saturated rings. The van der Waals surface area contributed by atoms with E-state index in [1.54, 1.807) is 30.7 Å².